The molecule has 0 radical (unpaired) electrons. The molecule has 2 heterocycles. The van der Waals surface area contributed by atoms with Crippen molar-refractivity contribution in [3.8, 4) is 11.4 Å². The zero-order valence-electron chi connectivity index (χ0n) is 13.9. The number of tetrazole rings is 1. The number of aromatic nitrogens is 4. The van der Waals surface area contributed by atoms with Crippen LogP contribution in [0.4, 0.5) is 0 Å². The summed E-state index contributed by atoms with van der Waals surface area (Å²) in [5.41, 5.74) is 0.855. The Morgan fingerprint density at radius 3 is 2.80 bits per heavy atom. The fourth-order valence-corrected chi connectivity index (χ4v) is 3.09. The average Bonchev–Trinajstić information content (AvgIpc) is 3.09. The van der Waals surface area contributed by atoms with Crippen molar-refractivity contribution in [2.24, 2.45) is 5.92 Å². The molecule has 0 aliphatic carbocycles. The first-order chi connectivity index (χ1) is 12.1. The van der Waals surface area contributed by atoms with Gasteiger partial charge in [0.15, 0.2) is 0 Å². The molecule has 1 aliphatic rings. The van der Waals surface area contributed by atoms with E-state index in [-0.39, 0.29) is 24.8 Å². The highest BCUT2D eigenvalue weighted by molar-refractivity contribution is 5.76. The number of aliphatic carboxylic acids is 1. The summed E-state index contributed by atoms with van der Waals surface area (Å²) in [5, 5.41) is 21.0. The van der Waals surface area contributed by atoms with Crippen LogP contribution in [0.1, 0.15) is 25.7 Å². The summed E-state index contributed by atoms with van der Waals surface area (Å²) in [4.78, 5) is 26.3. The minimum absolute atomic E-state index is 0.0471. The van der Waals surface area contributed by atoms with E-state index in [4.69, 9.17) is 5.11 Å². The van der Waals surface area contributed by atoms with E-state index in [0.29, 0.717) is 25.3 Å². The van der Waals surface area contributed by atoms with Gasteiger partial charge >= 0.3 is 5.97 Å². The number of carbonyl (C=O) groups excluding carboxylic acids is 1. The van der Waals surface area contributed by atoms with Gasteiger partial charge in [0.1, 0.15) is 6.54 Å². The fraction of sp³-hybridized carbons (Fsp3) is 0.471. The molecular formula is C17H21N5O3. The van der Waals surface area contributed by atoms with E-state index in [1.165, 1.54) is 4.80 Å². The largest absolute Gasteiger partial charge is 0.481 e. The summed E-state index contributed by atoms with van der Waals surface area (Å²) in [6.45, 7) is 1.35. The predicted octanol–water partition coefficient (Wildman–Crippen LogP) is 1.44. The minimum atomic E-state index is -0.788. The third-order valence-electron chi connectivity index (χ3n) is 4.40. The number of rotatable bonds is 6. The number of likely N-dealkylation sites (tertiary alicyclic amines) is 1. The van der Waals surface area contributed by atoms with Gasteiger partial charge in [-0.2, -0.15) is 4.80 Å². The molecule has 1 aromatic carbocycles. The molecule has 0 unspecified atom stereocenters. The second kappa shape index (κ2) is 7.87. The van der Waals surface area contributed by atoms with Crippen molar-refractivity contribution >= 4 is 11.9 Å². The molecule has 0 saturated carbocycles. The van der Waals surface area contributed by atoms with E-state index in [9.17, 15) is 9.59 Å². The first-order valence-electron chi connectivity index (χ1n) is 8.44. The molecule has 132 valence electrons. The molecule has 0 spiro atoms. The van der Waals surface area contributed by atoms with Crippen molar-refractivity contribution in [2.45, 2.75) is 32.2 Å². The highest BCUT2D eigenvalue weighted by Crippen LogP contribution is 2.21. The molecule has 1 N–H and O–H groups in total. The Bertz CT molecular complexity index is 731. The molecule has 1 saturated heterocycles. The van der Waals surface area contributed by atoms with Gasteiger partial charge in [0.2, 0.25) is 11.7 Å². The maximum absolute atomic E-state index is 12.5. The Morgan fingerprint density at radius 1 is 1.24 bits per heavy atom. The maximum Gasteiger partial charge on any atom is 0.303 e. The lowest BCUT2D eigenvalue weighted by Crippen LogP contribution is -2.42. The standard InChI is InChI=1S/C17H21N5O3/c23-15(21-10-4-5-13(11-21)8-9-16(24)25)12-22-19-17(18-20-22)14-6-2-1-3-7-14/h1-3,6-7,13H,4-5,8-12H2,(H,24,25)/t13-/m0/s1. The van der Waals surface area contributed by atoms with Crippen LogP contribution in [0, 0.1) is 5.92 Å². The SMILES string of the molecule is O=C(O)CC[C@@H]1CCCN(C(=O)Cn2nnc(-c3ccccc3)n2)C1. The second-order valence-corrected chi connectivity index (χ2v) is 6.29. The lowest BCUT2D eigenvalue weighted by molar-refractivity contribution is -0.137. The number of carboxylic acid groups (broad SMARTS) is 1. The number of nitrogens with zero attached hydrogens (tertiary/aromatic N) is 5. The quantitative estimate of drug-likeness (QED) is 0.852. The molecule has 3 rings (SSSR count). The zero-order valence-corrected chi connectivity index (χ0v) is 13.9. The molecule has 1 fully saturated rings. The van der Waals surface area contributed by atoms with Crippen LogP contribution in [0.5, 0.6) is 0 Å². The molecule has 1 amide bonds. The molecule has 1 aliphatic heterocycles. The highest BCUT2D eigenvalue weighted by Gasteiger charge is 2.24. The van der Waals surface area contributed by atoms with Crippen LogP contribution < -0.4 is 0 Å². The first-order valence-corrected chi connectivity index (χ1v) is 8.44. The third kappa shape index (κ3) is 4.62. The van der Waals surface area contributed by atoms with Crippen molar-refractivity contribution in [3.63, 3.8) is 0 Å². The molecular weight excluding hydrogens is 322 g/mol. The zero-order chi connectivity index (χ0) is 17.6. The van der Waals surface area contributed by atoms with Gasteiger partial charge in [-0.15, -0.1) is 10.2 Å². The number of benzene rings is 1. The summed E-state index contributed by atoms with van der Waals surface area (Å²) in [6, 6.07) is 9.48. The predicted molar refractivity (Wildman–Crippen MR) is 89.4 cm³/mol. The number of carboxylic acids is 1. The highest BCUT2D eigenvalue weighted by atomic mass is 16.4. The lowest BCUT2D eigenvalue weighted by Gasteiger charge is -2.32. The lowest BCUT2D eigenvalue weighted by atomic mass is 9.93. The number of hydrogen-bond donors (Lipinski definition) is 1. The molecule has 2 aromatic rings. The summed E-state index contributed by atoms with van der Waals surface area (Å²) in [5.74, 6) is -0.107. The van der Waals surface area contributed by atoms with E-state index in [0.717, 1.165) is 18.4 Å². The second-order valence-electron chi connectivity index (χ2n) is 6.29. The van der Waals surface area contributed by atoms with Crippen molar-refractivity contribution < 1.29 is 14.7 Å². The fourth-order valence-electron chi connectivity index (χ4n) is 3.09. The number of amides is 1. The topological polar surface area (TPSA) is 101 Å². The van der Waals surface area contributed by atoms with Gasteiger partial charge in [-0.1, -0.05) is 30.3 Å². The average molecular weight is 343 g/mol. The van der Waals surface area contributed by atoms with Crippen LogP contribution >= 0.6 is 0 Å². The van der Waals surface area contributed by atoms with Crippen LogP contribution in [0.3, 0.4) is 0 Å². The summed E-state index contributed by atoms with van der Waals surface area (Å²) >= 11 is 0. The van der Waals surface area contributed by atoms with Gasteiger partial charge < -0.3 is 10.0 Å². The smallest absolute Gasteiger partial charge is 0.303 e. The normalized spacial score (nSPS) is 17.4. The number of piperidine rings is 1. The van der Waals surface area contributed by atoms with Crippen molar-refractivity contribution in [1.82, 2.24) is 25.1 Å². The van der Waals surface area contributed by atoms with Crippen molar-refractivity contribution in [2.75, 3.05) is 13.1 Å². The molecule has 0 bridgehead atoms. The van der Waals surface area contributed by atoms with Crippen LogP contribution in [0.2, 0.25) is 0 Å². The van der Waals surface area contributed by atoms with Crippen LogP contribution in [-0.2, 0) is 16.1 Å². The van der Waals surface area contributed by atoms with E-state index in [1.54, 1.807) is 4.90 Å². The van der Waals surface area contributed by atoms with Gasteiger partial charge in [0.05, 0.1) is 0 Å². The van der Waals surface area contributed by atoms with E-state index >= 15 is 0 Å². The van der Waals surface area contributed by atoms with Gasteiger partial charge in [0.25, 0.3) is 0 Å². The molecule has 1 atom stereocenters. The summed E-state index contributed by atoms with van der Waals surface area (Å²) < 4.78 is 0. The molecule has 1 aromatic heterocycles. The molecule has 8 heteroatoms. The van der Waals surface area contributed by atoms with E-state index in [2.05, 4.69) is 15.4 Å². The third-order valence-corrected chi connectivity index (χ3v) is 4.40. The first kappa shape index (κ1) is 17.1. The monoisotopic (exact) mass is 343 g/mol. The van der Waals surface area contributed by atoms with Crippen molar-refractivity contribution in [1.29, 1.82) is 0 Å². The van der Waals surface area contributed by atoms with E-state index in [1.807, 2.05) is 30.3 Å². The van der Waals surface area contributed by atoms with Gasteiger partial charge in [-0.25, -0.2) is 0 Å². The van der Waals surface area contributed by atoms with Crippen LogP contribution in [-0.4, -0.2) is 55.2 Å². The Labute approximate surface area is 145 Å². The molecule has 8 nitrogen and oxygen atoms in total. The van der Waals surface area contributed by atoms with Crippen LogP contribution in [0.25, 0.3) is 11.4 Å². The van der Waals surface area contributed by atoms with Crippen LogP contribution in [0.15, 0.2) is 30.3 Å². The Balaban J connectivity index is 1.57. The Morgan fingerprint density at radius 2 is 2.04 bits per heavy atom. The number of carbonyl (C=O) groups is 2. The summed E-state index contributed by atoms with van der Waals surface area (Å²) in [7, 11) is 0. The maximum atomic E-state index is 12.5. The van der Waals surface area contributed by atoms with E-state index < -0.39 is 5.97 Å². The Kier molecular flexibility index (Phi) is 5.37. The molecule has 25 heavy (non-hydrogen) atoms. The van der Waals surface area contributed by atoms with Gasteiger partial charge in [-0.05, 0) is 30.4 Å². The van der Waals surface area contributed by atoms with Gasteiger partial charge in [0, 0.05) is 25.1 Å². The Hall–Kier alpha value is -2.77. The van der Waals surface area contributed by atoms with Gasteiger partial charge in [-0.3, -0.25) is 9.59 Å². The van der Waals surface area contributed by atoms with Crippen molar-refractivity contribution in [3.05, 3.63) is 30.3 Å². The minimum Gasteiger partial charge on any atom is -0.481 e. The number of hydrogen-bond acceptors (Lipinski definition) is 5. The summed E-state index contributed by atoms with van der Waals surface area (Å²) in [6.07, 6.45) is 2.63.